The van der Waals surface area contributed by atoms with Crippen LogP contribution >= 0.6 is 0 Å². The van der Waals surface area contributed by atoms with Gasteiger partial charge in [0, 0.05) is 18.7 Å². The van der Waals surface area contributed by atoms with Gasteiger partial charge < -0.3 is 20.7 Å². The summed E-state index contributed by atoms with van der Waals surface area (Å²) in [6, 6.07) is 13.8. The molecule has 0 saturated carbocycles. The number of benzene rings is 2. The fourth-order valence-corrected chi connectivity index (χ4v) is 3.40. The van der Waals surface area contributed by atoms with Gasteiger partial charge in [0.25, 0.3) is 0 Å². The van der Waals surface area contributed by atoms with Gasteiger partial charge >= 0.3 is 0 Å². The van der Waals surface area contributed by atoms with Gasteiger partial charge in [-0.15, -0.1) is 0 Å². The smallest absolute Gasteiger partial charge is 0.238 e. The normalized spacial score (nSPS) is 11.8. The maximum Gasteiger partial charge on any atom is 0.238 e. The molecule has 0 fully saturated rings. The number of carbonyl (C=O) groups excluding carboxylic acids is 2. The molecule has 2 amide bonds. The molecule has 6 heteroatoms. The summed E-state index contributed by atoms with van der Waals surface area (Å²) in [6.45, 7) is 8.04. The molecule has 0 unspecified atom stereocenters. The minimum atomic E-state index is -0.179. The highest BCUT2D eigenvalue weighted by Crippen LogP contribution is 2.28. The molecule has 0 bridgehead atoms. The van der Waals surface area contributed by atoms with Gasteiger partial charge in [-0.25, -0.2) is 0 Å². The van der Waals surface area contributed by atoms with Crippen LogP contribution in [0.4, 0.5) is 11.4 Å². The second-order valence-electron chi connectivity index (χ2n) is 7.74. The van der Waals surface area contributed by atoms with E-state index in [2.05, 4.69) is 61.0 Å². The molecule has 2 aromatic carbocycles. The lowest BCUT2D eigenvalue weighted by molar-refractivity contribution is -0.116. The van der Waals surface area contributed by atoms with Crippen molar-refractivity contribution in [2.24, 2.45) is 5.92 Å². The van der Waals surface area contributed by atoms with Crippen molar-refractivity contribution >= 4 is 23.2 Å². The Hall–Kier alpha value is -2.86. The van der Waals surface area contributed by atoms with Crippen molar-refractivity contribution in [3.63, 3.8) is 0 Å². The molecule has 0 radical (unpaired) electrons. The van der Waals surface area contributed by atoms with Crippen molar-refractivity contribution in [3.8, 4) is 5.75 Å². The Labute approximate surface area is 179 Å². The van der Waals surface area contributed by atoms with Crippen LogP contribution in [0.3, 0.4) is 0 Å². The first kappa shape index (κ1) is 23.4. The molecule has 2 rings (SSSR count). The summed E-state index contributed by atoms with van der Waals surface area (Å²) in [5.74, 6) is 0.502. The number of nitrogens with one attached hydrogen (secondary N) is 3. The largest absolute Gasteiger partial charge is 0.495 e. The van der Waals surface area contributed by atoms with Crippen LogP contribution in [-0.4, -0.2) is 25.5 Å². The lowest BCUT2D eigenvalue weighted by atomic mass is 9.94. The van der Waals surface area contributed by atoms with Gasteiger partial charge in [-0.1, -0.05) is 51.5 Å². The van der Waals surface area contributed by atoms with Gasteiger partial charge in [-0.2, -0.15) is 0 Å². The van der Waals surface area contributed by atoms with Crippen LogP contribution in [-0.2, 0) is 16.0 Å². The molecular weight excluding hydrogens is 378 g/mol. The van der Waals surface area contributed by atoms with Gasteiger partial charge in [-0.05, 0) is 41.7 Å². The molecule has 1 atom stereocenters. The quantitative estimate of drug-likeness (QED) is 0.537. The van der Waals surface area contributed by atoms with E-state index in [-0.39, 0.29) is 24.4 Å². The third-order valence-corrected chi connectivity index (χ3v) is 4.82. The summed E-state index contributed by atoms with van der Waals surface area (Å²) in [5, 5.41) is 8.95. The SMILES string of the molecule is CCCc1ccc([C@H](NCC(=O)Nc2cc(NC(C)=O)ccc2OC)C(C)C)cc1. The molecule has 0 saturated heterocycles. The van der Waals surface area contributed by atoms with Gasteiger partial charge in [0.1, 0.15) is 5.75 Å². The highest BCUT2D eigenvalue weighted by atomic mass is 16.5. The number of hydrogen-bond acceptors (Lipinski definition) is 4. The molecule has 162 valence electrons. The number of anilines is 2. The monoisotopic (exact) mass is 411 g/mol. The first-order valence-corrected chi connectivity index (χ1v) is 10.4. The van der Waals surface area contributed by atoms with Crippen LogP contribution in [0.2, 0.25) is 0 Å². The third kappa shape index (κ3) is 6.88. The van der Waals surface area contributed by atoms with E-state index in [1.54, 1.807) is 18.2 Å². The molecule has 30 heavy (non-hydrogen) atoms. The van der Waals surface area contributed by atoms with Crippen LogP contribution in [0.25, 0.3) is 0 Å². The zero-order valence-electron chi connectivity index (χ0n) is 18.5. The van der Waals surface area contributed by atoms with Crippen LogP contribution in [0, 0.1) is 5.92 Å². The van der Waals surface area contributed by atoms with Crippen LogP contribution in [0.1, 0.15) is 51.3 Å². The summed E-state index contributed by atoms with van der Waals surface area (Å²) in [7, 11) is 1.54. The minimum absolute atomic E-state index is 0.0686. The van der Waals surface area contributed by atoms with Crippen molar-refractivity contribution in [2.75, 3.05) is 24.3 Å². The predicted molar refractivity (Wildman–Crippen MR) is 122 cm³/mol. The summed E-state index contributed by atoms with van der Waals surface area (Å²) in [4.78, 5) is 23.9. The van der Waals surface area contributed by atoms with Crippen molar-refractivity contribution < 1.29 is 14.3 Å². The predicted octanol–water partition coefficient (Wildman–Crippen LogP) is 4.53. The van der Waals surface area contributed by atoms with E-state index < -0.39 is 0 Å². The van der Waals surface area contributed by atoms with Crippen molar-refractivity contribution in [1.29, 1.82) is 0 Å². The summed E-state index contributed by atoms with van der Waals surface area (Å²) < 4.78 is 5.32. The van der Waals surface area contributed by atoms with Gasteiger partial charge in [0.2, 0.25) is 11.8 Å². The maximum atomic E-state index is 12.6. The summed E-state index contributed by atoms with van der Waals surface area (Å²) in [5.41, 5.74) is 3.61. The van der Waals surface area contributed by atoms with Gasteiger partial charge in [-0.3, -0.25) is 9.59 Å². The van der Waals surface area contributed by atoms with Crippen LogP contribution in [0.15, 0.2) is 42.5 Å². The maximum absolute atomic E-state index is 12.6. The minimum Gasteiger partial charge on any atom is -0.495 e. The molecule has 3 N–H and O–H groups in total. The molecule has 0 aliphatic carbocycles. The number of rotatable bonds is 10. The van der Waals surface area contributed by atoms with E-state index in [4.69, 9.17) is 4.74 Å². The Morgan fingerprint density at radius 3 is 2.30 bits per heavy atom. The van der Waals surface area contributed by atoms with Crippen molar-refractivity contribution in [2.45, 2.75) is 46.6 Å². The summed E-state index contributed by atoms with van der Waals surface area (Å²) >= 11 is 0. The topological polar surface area (TPSA) is 79.5 Å². The van der Waals surface area contributed by atoms with E-state index in [1.165, 1.54) is 25.2 Å². The standard InChI is InChI=1S/C24H33N3O3/c1-6-7-18-8-10-19(11-9-18)24(16(2)3)25-15-23(29)27-21-14-20(26-17(4)28)12-13-22(21)30-5/h8-14,16,24-25H,6-7,15H2,1-5H3,(H,26,28)(H,27,29)/t24-/m1/s1. The van der Waals surface area contributed by atoms with E-state index >= 15 is 0 Å². The van der Waals surface area contributed by atoms with E-state index in [9.17, 15) is 9.59 Å². The second-order valence-corrected chi connectivity index (χ2v) is 7.74. The third-order valence-electron chi connectivity index (χ3n) is 4.82. The fraction of sp³-hybridized carbons (Fsp3) is 0.417. The van der Waals surface area contributed by atoms with E-state index in [1.807, 2.05) is 0 Å². The first-order chi connectivity index (χ1) is 14.3. The fourth-order valence-electron chi connectivity index (χ4n) is 3.40. The van der Waals surface area contributed by atoms with Crippen LogP contribution in [0.5, 0.6) is 5.75 Å². The Kier molecular flexibility index (Phi) is 8.87. The van der Waals surface area contributed by atoms with Crippen molar-refractivity contribution in [1.82, 2.24) is 5.32 Å². The first-order valence-electron chi connectivity index (χ1n) is 10.4. The number of hydrogen-bond donors (Lipinski definition) is 3. The average Bonchev–Trinajstić information content (AvgIpc) is 2.69. The van der Waals surface area contributed by atoms with E-state index in [0.29, 0.717) is 23.0 Å². The Bertz CT molecular complexity index is 847. The van der Waals surface area contributed by atoms with Crippen LogP contribution < -0.4 is 20.7 Å². The molecular formula is C24H33N3O3. The number of ether oxygens (including phenoxy) is 1. The lowest BCUT2D eigenvalue weighted by Crippen LogP contribution is -2.33. The molecule has 0 aliphatic rings. The number of methoxy groups -OCH3 is 1. The number of amides is 2. The summed E-state index contributed by atoms with van der Waals surface area (Å²) in [6.07, 6.45) is 2.19. The van der Waals surface area contributed by atoms with Crippen molar-refractivity contribution in [3.05, 3.63) is 53.6 Å². The highest BCUT2D eigenvalue weighted by Gasteiger charge is 2.17. The lowest BCUT2D eigenvalue weighted by Gasteiger charge is -2.23. The molecule has 0 heterocycles. The highest BCUT2D eigenvalue weighted by molar-refractivity contribution is 5.95. The molecule has 0 aliphatic heterocycles. The Morgan fingerprint density at radius 1 is 1.03 bits per heavy atom. The zero-order chi connectivity index (χ0) is 22.1. The number of aryl methyl sites for hydroxylation is 1. The Morgan fingerprint density at radius 2 is 1.73 bits per heavy atom. The molecule has 0 spiro atoms. The average molecular weight is 412 g/mol. The Balaban J connectivity index is 2.04. The molecule has 2 aromatic rings. The zero-order valence-corrected chi connectivity index (χ0v) is 18.5. The second kappa shape index (κ2) is 11.4. The molecule has 0 aromatic heterocycles. The van der Waals surface area contributed by atoms with Gasteiger partial charge in [0.15, 0.2) is 0 Å². The van der Waals surface area contributed by atoms with Gasteiger partial charge in [0.05, 0.1) is 19.3 Å². The number of carbonyl (C=O) groups is 2. The van der Waals surface area contributed by atoms with E-state index in [0.717, 1.165) is 12.8 Å². The molecule has 6 nitrogen and oxygen atoms in total.